The summed E-state index contributed by atoms with van der Waals surface area (Å²) < 4.78 is 38.6. The van der Waals surface area contributed by atoms with E-state index in [2.05, 4.69) is 4.72 Å². The second-order valence-electron chi connectivity index (χ2n) is 6.63. The molecule has 0 saturated carbocycles. The van der Waals surface area contributed by atoms with Gasteiger partial charge in [-0.25, -0.2) is 13.1 Å². The van der Waals surface area contributed by atoms with Crippen LogP contribution in [0.1, 0.15) is 23.6 Å². The van der Waals surface area contributed by atoms with Crippen LogP contribution in [0.4, 0.5) is 0 Å². The van der Waals surface area contributed by atoms with E-state index in [0.29, 0.717) is 24.6 Å². The van der Waals surface area contributed by atoms with Crippen LogP contribution >= 0.6 is 0 Å². The molecule has 2 aromatic rings. The first-order valence-corrected chi connectivity index (χ1v) is 10.2. The Morgan fingerprint density at radius 2 is 1.93 bits per heavy atom. The van der Waals surface area contributed by atoms with E-state index < -0.39 is 10.0 Å². The molecule has 142 valence electrons. The molecule has 0 unspecified atom stereocenters. The van der Waals surface area contributed by atoms with Crippen LogP contribution in [0.25, 0.3) is 0 Å². The van der Waals surface area contributed by atoms with Crippen molar-refractivity contribution in [2.75, 3.05) is 13.3 Å². The molecule has 0 saturated heterocycles. The third kappa shape index (κ3) is 3.63. The Kier molecular flexibility index (Phi) is 4.53. The predicted octanol–water partition coefficient (Wildman–Crippen LogP) is 1.80. The van der Waals surface area contributed by atoms with Gasteiger partial charge in [0.15, 0.2) is 11.5 Å². The van der Waals surface area contributed by atoms with Crippen molar-refractivity contribution in [1.29, 1.82) is 0 Å². The Morgan fingerprint density at radius 1 is 1.11 bits per heavy atom. The minimum Gasteiger partial charge on any atom is -0.454 e. The minimum absolute atomic E-state index is 0.00477. The molecule has 2 heterocycles. The fourth-order valence-corrected chi connectivity index (χ4v) is 4.35. The Labute approximate surface area is 157 Å². The summed E-state index contributed by atoms with van der Waals surface area (Å²) in [6.07, 6.45) is 0.736. The maximum absolute atomic E-state index is 12.7. The van der Waals surface area contributed by atoms with Crippen LogP contribution in [0.2, 0.25) is 0 Å². The summed E-state index contributed by atoms with van der Waals surface area (Å²) in [7, 11) is -3.67. The molecule has 2 aliphatic heterocycles. The molecule has 0 fully saturated rings. The molecule has 1 amide bonds. The van der Waals surface area contributed by atoms with Gasteiger partial charge in [0.05, 0.1) is 4.90 Å². The van der Waals surface area contributed by atoms with Crippen LogP contribution in [0.15, 0.2) is 41.3 Å². The summed E-state index contributed by atoms with van der Waals surface area (Å²) in [5, 5.41) is 0. The van der Waals surface area contributed by atoms with Crippen molar-refractivity contribution in [1.82, 2.24) is 9.62 Å². The van der Waals surface area contributed by atoms with E-state index in [1.807, 2.05) is 6.07 Å². The van der Waals surface area contributed by atoms with Gasteiger partial charge in [0, 0.05) is 26.6 Å². The van der Waals surface area contributed by atoms with Gasteiger partial charge in [-0.1, -0.05) is 12.1 Å². The second-order valence-corrected chi connectivity index (χ2v) is 8.40. The van der Waals surface area contributed by atoms with Crippen molar-refractivity contribution in [3.05, 3.63) is 53.1 Å². The molecule has 0 aliphatic carbocycles. The van der Waals surface area contributed by atoms with Crippen LogP contribution in [0.5, 0.6) is 11.5 Å². The van der Waals surface area contributed by atoms with Gasteiger partial charge in [0.1, 0.15) is 0 Å². The van der Waals surface area contributed by atoms with Gasteiger partial charge in [-0.05, 0) is 47.4 Å². The van der Waals surface area contributed by atoms with Crippen molar-refractivity contribution in [3.63, 3.8) is 0 Å². The smallest absolute Gasteiger partial charge is 0.240 e. The average molecular weight is 388 g/mol. The zero-order valence-corrected chi connectivity index (χ0v) is 15.7. The van der Waals surface area contributed by atoms with E-state index in [9.17, 15) is 13.2 Å². The van der Waals surface area contributed by atoms with Crippen LogP contribution in [-0.4, -0.2) is 32.6 Å². The number of hydrogen-bond acceptors (Lipinski definition) is 5. The lowest BCUT2D eigenvalue weighted by atomic mass is 10.00. The van der Waals surface area contributed by atoms with E-state index in [1.165, 1.54) is 6.92 Å². The van der Waals surface area contributed by atoms with Crippen molar-refractivity contribution in [2.24, 2.45) is 0 Å². The molecule has 0 bridgehead atoms. The van der Waals surface area contributed by atoms with Gasteiger partial charge >= 0.3 is 0 Å². The summed E-state index contributed by atoms with van der Waals surface area (Å²) in [5.74, 6) is 1.27. The standard InChI is InChI=1S/C19H20N2O5S/c1-13(22)21-7-6-15-3-4-17(9-16(15)11-21)27(23,24)20-10-14-2-5-18-19(8-14)26-12-25-18/h2-5,8-9,20H,6-7,10-12H2,1H3. The Bertz CT molecular complexity index is 1000. The van der Waals surface area contributed by atoms with E-state index in [0.717, 1.165) is 23.1 Å². The molecule has 4 rings (SSSR count). The lowest BCUT2D eigenvalue weighted by Crippen LogP contribution is -2.34. The first-order valence-electron chi connectivity index (χ1n) is 8.68. The number of carbonyl (C=O) groups excluding carboxylic acids is 1. The van der Waals surface area contributed by atoms with Crippen LogP contribution < -0.4 is 14.2 Å². The first kappa shape index (κ1) is 17.8. The van der Waals surface area contributed by atoms with Crippen molar-refractivity contribution in [2.45, 2.75) is 31.3 Å². The van der Waals surface area contributed by atoms with Crippen LogP contribution in [-0.2, 0) is 34.3 Å². The minimum atomic E-state index is -3.67. The molecule has 0 aromatic heterocycles. The number of ether oxygens (including phenoxy) is 2. The third-order valence-corrected chi connectivity index (χ3v) is 6.25. The Balaban J connectivity index is 1.50. The number of benzene rings is 2. The van der Waals surface area contributed by atoms with Gasteiger partial charge in [-0.15, -0.1) is 0 Å². The quantitative estimate of drug-likeness (QED) is 0.863. The molecule has 2 aromatic carbocycles. The fraction of sp³-hybridized carbons (Fsp3) is 0.316. The number of amides is 1. The lowest BCUT2D eigenvalue weighted by Gasteiger charge is -2.28. The highest BCUT2D eigenvalue weighted by atomic mass is 32.2. The van der Waals surface area contributed by atoms with Crippen molar-refractivity contribution < 1.29 is 22.7 Å². The molecule has 7 nitrogen and oxygen atoms in total. The lowest BCUT2D eigenvalue weighted by molar-refractivity contribution is -0.129. The summed E-state index contributed by atoms with van der Waals surface area (Å²) in [5.41, 5.74) is 2.74. The summed E-state index contributed by atoms with van der Waals surface area (Å²) in [6.45, 7) is 2.96. The molecule has 1 N–H and O–H groups in total. The zero-order chi connectivity index (χ0) is 19.0. The van der Waals surface area contributed by atoms with Gasteiger partial charge in [0.25, 0.3) is 0 Å². The molecule has 0 atom stereocenters. The number of nitrogens with one attached hydrogen (secondary N) is 1. The first-order chi connectivity index (χ1) is 12.9. The van der Waals surface area contributed by atoms with E-state index in [1.54, 1.807) is 35.2 Å². The largest absolute Gasteiger partial charge is 0.454 e. The SMILES string of the molecule is CC(=O)N1CCc2ccc(S(=O)(=O)NCc3ccc4c(c3)OCO4)cc2C1. The Hall–Kier alpha value is -2.58. The summed E-state index contributed by atoms with van der Waals surface area (Å²) in [4.78, 5) is 13.5. The van der Waals surface area contributed by atoms with Crippen LogP contribution in [0.3, 0.4) is 0 Å². The molecule has 0 radical (unpaired) electrons. The molecular formula is C19H20N2O5S. The topological polar surface area (TPSA) is 84.9 Å². The van der Waals surface area contributed by atoms with Crippen LogP contribution in [0, 0.1) is 0 Å². The van der Waals surface area contributed by atoms with E-state index in [4.69, 9.17) is 9.47 Å². The van der Waals surface area contributed by atoms with E-state index >= 15 is 0 Å². The molecule has 2 aliphatic rings. The predicted molar refractivity (Wildman–Crippen MR) is 97.8 cm³/mol. The molecule has 0 spiro atoms. The van der Waals surface area contributed by atoms with Gasteiger partial charge in [-0.2, -0.15) is 0 Å². The molecular weight excluding hydrogens is 368 g/mol. The molecule has 27 heavy (non-hydrogen) atoms. The summed E-state index contributed by atoms with van der Waals surface area (Å²) >= 11 is 0. The number of carbonyl (C=O) groups is 1. The number of sulfonamides is 1. The Morgan fingerprint density at radius 3 is 2.74 bits per heavy atom. The fourth-order valence-electron chi connectivity index (χ4n) is 3.28. The number of hydrogen-bond donors (Lipinski definition) is 1. The molecule has 8 heteroatoms. The monoisotopic (exact) mass is 388 g/mol. The highest BCUT2D eigenvalue weighted by molar-refractivity contribution is 7.89. The van der Waals surface area contributed by atoms with E-state index in [-0.39, 0.29) is 24.1 Å². The number of nitrogens with zero attached hydrogens (tertiary/aromatic N) is 1. The van der Waals surface area contributed by atoms with Gasteiger partial charge < -0.3 is 14.4 Å². The van der Waals surface area contributed by atoms with Gasteiger partial charge in [-0.3, -0.25) is 4.79 Å². The van der Waals surface area contributed by atoms with Gasteiger partial charge in [0.2, 0.25) is 22.7 Å². The second kappa shape index (κ2) is 6.86. The number of fused-ring (bicyclic) bond motifs is 2. The zero-order valence-electron chi connectivity index (χ0n) is 14.9. The van der Waals surface area contributed by atoms with Crippen molar-refractivity contribution >= 4 is 15.9 Å². The highest BCUT2D eigenvalue weighted by Gasteiger charge is 2.22. The third-order valence-electron chi connectivity index (χ3n) is 4.85. The number of rotatable bonds is 4. The average Bonchev–Trinajstić information content (AvgIpc) is 3.13. The maximum atomic E-state index is 12.7. The highest BCUT2D eigenvalue weighted by Crippen LogP contribution is 2.32. The summed E-state index contributed by atoms with van der Waals surface area (Å²) in [6, 6.07) is 10.4. The normalized spacial score (nSPS) is 15.5. The maximum Gasteiger partial charge on any atom is 0.240 e. The van der Waals surface area contributed by atoms with Crippen molar-refractivity contribution in [3.8, 4) is 11.5 Å².